The van der Waals surface area contributed by atoms with E-state index in [-0.39, 0.29) is 17.9 Å². The van der Waals surface area contributed by atoms with Gasteiger partial charge in [0.15, 0.2) is 0 Å². The molecule has 25 heavy (non-hydrogen) atoms. The predicted octanol–water partition coefficient (Wildman–Crippen LogP) is 4.67. The minimum Gasteiger partial charge on any atom is -0.497 e. The molecule has 0 saturated carbocycles. The van der Waals surface area contributed by atoms with E-state index in [0.29, 0.717) is 11.4 Å². The van der Waals surface area contributed by atoms with Crippen molar-refractivity contribution < 1.29 is 9.53 Å². The van der Waals surface area contributed by atoms with E-state index < -0.39 is 0 Å². The molecule has 2 aromatic rings. The van der Waals surface area contributed by atoms with Crippen molar-refractivity contribution in [2.75, 3.05) is 14.2 Å². The van der Waals surface area contributed by atoms with Crippen LogP contribution >= 0.6 is 11.6 Å². The molecule has 0 radical (unpaired) electrons. The van der Waals surface area contributed by atoms with Gasteiger partial charge >= 0.3 is 0 Å². The summed E-state index contributed by atoms with van der Waals surface area (Å²) in [6, 6.07) is 14.2. The number of ether oxygens (including phenoxy) is 1. The molecule has 1 aliphatic carbocycles. The zero-order valence-electron chi connectivity index (χ0n) is 15.0. The molecule has 0 aliphatic heterocycles. The first-order valence-corrected chi connectivity index (χ1v) is 9.06. The van der Waals surface area contributed by atoms with Gasteiger partial charge in [-0.1, -0.05) is 48.9 Å². The van der Waals surface area contributed by atoms with Gasteiger partial charge in [-0.05, 0) is 48.1 Å². The molecule has 4 heteroatoms. The van der Waals surface area contributed by atoms with Crippen molar-refractivity contribution in [1.29, 1.82) is 0 Å². The van der Waals surface area contributed by atoms with Crippen molar-refractivity contribution in [1.82, 2.24) is 4.90 Å². The van der Waals surface area contributed by atoms with E-state index in [1.54, 1.807) is 13.2 Å². The van der Waals surface area contributed by atoms with Crippen molar-refractivity contribution >= 4 is 17.5 Å². The molecule has 0 spiro atoms. The third-order valence-corrected chi connectivity index (χ3v) is 5.48. The maximum atomic E-state index is 12.9. The van der Waals surface area contributed by atoms with Crippen molar-refractivity contribution in [3.05, 3.63) is 64.2 Å². The quantitative estimate of drug-likeness (QED) is 0.778. The van der Waals surface area contributed by atoms with Crippen LogP contribution in [0.5, 0.6) is 5.75 Å². The second kappa shape index (κ2) is 7.49. The zero-order chi connectivity index (χ0) is 18.0. The highest BCUT2D eigenvalue weighted by atomic mass is 35.5. The molecule has 2 atom stereocenters. The van der Waals surface area contributed by atoms with Crippen LogP contribution in [-0.2, 0) is 17.6 Å². The normalized spacial score (nSPS) is 17.0. The Hall–Kier alpha value is -2.00. The summed E-state index contributed by atoms with van der Waals surface area (Å²) in [6.45, 7) is 1.97. The maximum Gasteiger partial charge on any atom is 0.225 e. The van der Waals surface area contributed by atoms with Gasteiger partial charge in [-0.15, -0.1) is 0 Å². The number of hydrogen-bond donors (Lipinski definition) is 0. The molecule has 0 aromatic heterocycles. The van der Waals surface area contributed by atoms with Gasteiger partial charge in [0.25, 0.3) is 0 Å². The smallest absolute Gasteiger partial charge is 0.225 e. The second-order valence-electron chi connectivity index (χ2n) is 6.76. The molecule has 0 bridgehead atoms. The third kappa shape index (κ3) is 3.67. The highest BCUT2D eigenvalue weighted by Crippen LogP contribution is 2.35. The number of carbonyl (C=O) groups excluding carboxylic acids is 1. The van der Waals surface area contributed by atoms with Gasteiger partial charge in [0, 0.05) is 18.0 Å². The Kier molecular flexibility index (Phi) is 5.33. The van der Waals surface area contributed by atoms with E-state index in [2.05, 4.69) is 24.3 Å². The number of rotatable bonds is 5. The summed E-state index contributed by atoms with van der Waals surface area (Å²) in [6.07, 6.45) is 2.66. The minimum absolute atomic E-state index is 0.122. The van der Waals surface area contributed by atoms with Crippen LogP contribution in [-0.4, -0.2) is 25.0 Å². The summed E-state index contributed by atoms with van der Waals surface area (Å²) in [7, 11) is 3.53. The Balaban J connectivity index is 1.70. The van der Waals surface area contributed by atoms with Gasteiger partial charge in [0.2, 0.25) is 5.91 Å². The van der Waals surface area contributed by atoms with Crippen LogP contribution in [0.15, 0.2) is 42.5 Å². The van der Waals surface area contributed by atoms with Crippen LogP contribution in [0.4, 0.5) is 0 Å². The van der Waals surface area contributed by atoms with Crippen molar-refractivity contribution in [2.45, 2.75) is 32.2 Å². The standard InChI is InChI=1S/C21H24ClNO2/c1-14(12-16-8-10-17(25-3)13-19(16)22)21(24)23(2)20-11-9-15-6-4-5-7-18(15)20/h4-8,10,13-14,20H,9,11-12H2,1-3H3. The first-order chi connectivity index (χ1) is 12.0. The van der Waals surface area contributed by atoms with Crippen molar-refractivity contribution in [3.8, 4) is 5.75 Å². The molecular weight excluding hydrogens is 334 g/mol. The molecule has 0 saturated heterocycles. The molecule has 2 unspecified atom stereocenters. The number of amides is 1. The molecule has 0 fully saturated rings. The van der Waals surface area contributed by atoms with Gasteiger partial charge in [-0.25, -0.2) is 0 Å². The van der Waals surface area contributed by atoms with Gasteiger partial charge in [0.1, 0.15) is 5.75 Å². The first kappa shape index (κ1) is 17.8. The number of benzene rings is 2. The lowest BCUT2D eigenvalue weighted by molar-refractivity contribution is -0.135. The van der Waals surface area contributed by atoms with Gasteiger partial charge in [-0.2, -0.15) is 0 Å². The number of carbonyl (C=O) groups is 1. The Labute approximate surface area is 154 Å². The van der Waals surface area contributed by atoms with Gasteiger partial charge in [-0.3, -0.25) is 4.79 Å². The molecular formula is C21H24ClNO2. The summed E-state index contributed by atoms with van der Waals surface area (Å²) < 4.78 is 5.18. The number of nitrogens with zero attached hydrogens (tertiary/aromatic N) is 1. The van der Waals surface area contributed by atoms with Crippen LogP contribution in [0.25, 0.3) is 0 Å². The lowest BCUT2D eigenvalue weighted by Crippen LogP contribution is -2.35. The predicted molar refractivity (Wildman–Crippen MR) is 101 cm³/mol. The molecule has 0 N–H and O–H groups in total. The summed E-state index contributed by atoms with van der Waals surface area (Å²) in [5.74, 6) is 0.768. The van der Waals surface area contributed by atoms with Gasteiger partial charge < -0.3 is 9.64 Å². The van der Waals surface area contributed by atoms with E-state index in [1.807, 2.05) is 31.0 Å². The Morgan fingerprint density at radius 2 is 2.08 bits per heavy atom. The third-order valence-electron chi connectivity index (χ3n) is 5.12. The monoisotopic (exact) mass is 357 g/mol. The summed E-state index contributed by atoms with van der Waals surface area (Å²) in [5.41, 5.74) is 3.62. The molecule has 0 heterocycles. The van der Waals surface area contributed by atoms with Crippen LogP contribution in [0, 0.1) is 5.92 Å². The molecule has 2 aromatic carbocycles. The minimum atomic E-state index is -0.122. The number of hydrogen-bond acceptors (Lipinski definition) is 2. The van der Waals surface area contributed by atoms with E-state index >= 15 is 0 Å². The summed E-state index contributed by atoms with van der Waals surface area (Å²) in [4.78, 5) is 14.8. The summed E-state index contributed by atoms with van der Waals surface area (Å²) in [5, 5.41) is 0.646. The zero-order valence-corrected chi connectivity index (χ0v) is 15.7. The molecule has 132 valence electrons. The lowest BCUT2D eigenvalue weighted by atomic mass is 9.98. The topological polar surface area (TPSA) is 29.5 Å². The van der Waals surface area contributed by atoms with Crippen LogP contribution in [0.2, 0.25) is 5.02 Å². The fraction of sp³-hybridized carbons (Fsp3) is 0.381. The van der Waals surface area contributed by atoms with E-state index in [4.69, 9.17) is 16.3 Å². The summed E-state index contributed by atoms with van der Waals surface area (Å²) >= 11 is 6.33. The number of methoxy groups -OCH3 is 1. The number of aryl methyl sites for hydroxylation is 1. The first-order valence-electron chi connectivity index (χ1n) is 8.68. The van der Waals surface area contributed by atoms with Crippen molar-refractivity contribution in [3.63, 3.8) is 0 Å². The van der Waals surface area contributed by atoms with Crippen LogP contribution in [0.1, 0.15) is 36.1 Å². The Bertz CT molecular complexity index is 774. The second-order valence-corrected chi connectivity index (χ2v) is 7.17. The average molecular weight is 358 g/mol. The molecule has 1 amide bonds. The van der Waals surface area contributed by atoms with E-state index in [0.717, 1.165) is 24.2 Å². The largest absolute Gasteiger partial charge is 0.497 e. The fourth-order valence-electron chi connectivity index (χ4n) is 3.68. The lowest BCUT2D eigenvalue weighted by Gasteiger charge is -2.28. The SMILES string of the molecule is COc1ccc(CC(C)C(=O)N(C)C2CCc3ccccc32)c(Cl)c1. The molecule has 3 nitrogen and oxygen atoms in total. The van der Waals surface area contributed by atoms with E-state index in [1.165, 1.54) is 11.1 Å². The number of halogens is 1. The van der Waals surface area contributed by atoms with Crippen molar-refractivity contribution in [2.24, 2.45) is 5.92 Å². The highest BCUT2D eigenvalue weighted by molar-refractivity contribution is 6.31. The fourth-order valence-corrected chi connectivity index (χ4v) is 3.92. The Morgan fingerprint density at radius 3 is 2.80 bits per heavy atom. The van der Waals surface area contributed by atoms with Gasteiger partial charge in [0.05, 0.1) is 13.2 Å². The van der Waals surface area contributed by atoms with Crippen LogP contribution < -0.4 is 4.74 Å². The maximum absolute atomic E-state index is 12.9. The average Bonchev–Trinajstić information content (AvgIpc) is 3.06. The molecule has 1 aliphatic rings. The molecule has 3 rings (SSSR count). The Morgan fingerprint density at radius 1 is 1.32 bits per heavy atom. The van der Waals surface area contributed by atoms with Crippen LogP contribution in [0.3, 0.4) is 0 Å². The highest BCUT2D eigenvalue weighted by Gasteiger charge is 2.30. The number of fused-ring (bicyclic) bond motifs is 1. The van der Waals surface area contributed by atoms with E-state index in [9.17, 15) is 4.79 Å².